The van der Waals surface area contributed by atoms with Gasteiger partial charge in [-0.05, 0) is 38.5 Å². The second-order valence-corrected chi connectivity index (χ2v) is 4.47. The number of rotatable bonds is 6. The van der Waals surface area contributed by atoms with Crippen LogP contribution in [0.25, 0.3) is 0 Å². The Morgan fingerprint density at radius 2 is 1.83 bits per heavy atom. The zero-order chi connectivity index (χ0) is 13.5. The smallest absolute Gasteiger partial charge is 0.227 e. The van der Waals surface area contributed by atoms with Gasteiger partial charge in [0.15, 0.2) is 0 Å². The average molecular weight is 249 g/mol. The van der Waals surface area contributed by atoms with E-state index >= 15 is 0 Å². The molecule has 0 fully saturated rings. The fourth-order valence-electron chi connectivity index (χ4n) is 1.45. The highest BCUT2D eigenvalue weighted by atomic mass is 16.5. The third-order valence-electron chi connectivity index (χ3n) is 2.19. The minimum atomic E-state index is -0.245. The Balaban J connectivity index is 2.44. The normalized spacial score (nSPS) is 10.2. The number of ether oxygens (including phenoxy) is 1. The predicted molar refractivity (Wildman–Crippen MR) is 69.4 cm³/mol. The van der Waals surface area contributed by atoms with Crippen LogP contribution in [-0.2, 0) is 16.1 Å². The fourth-order valence-corrected chi connectivity index (χ4v) is 1.45. The Morgan fingerprint density at radius 3 is 2.33 bits per heavy atom. The number of hydrogen-bond acceptors (Lipinski definition) is 3. The molecule has 18 heavy (non-hydrogen) atoms. The maximum absolute atomic E-state index is 11.3. The molecule has 0 saturated carbocycles. The molecule has 1 amide bonds. The number of carbonyl (C=O) groups excluding carboxylic acids is 2. The monoisotopic (exact) mass is 249 g/mol. The molecule has 0 spiro atoms. The van der Waals surface area contributed by atoms with Gasteiger partial charge in [-0.2, -0.15) is 0 Å². The molecule has 4 heteroatoms. The molecule has 0 radical (unpaired) electrons. The number of benzene rings is 1. The van der Waals surface area contributed by atoms with E-state index < -0.39 is 0 Å². The van der Waals surface area contributed by atoms with E-state index in [0.29, 0.717) is 6.54 Å². The van der Waals surface area contributed by atoms with Crippen molar-refractivity contribution in [3.05, 3.63) is 29.8 Å². The Morgan fingerprint density at radius 1 is 1.22 bits per heavy atom. The summed E-state index contributed by atoms with van der Waals surface area (Å²) >= 11 is 0. The quantitative estimate of drug-likeness (QED) is 0.785. The molecule has 1 rings (SSSR count). The first-order valence-electron chi connectivity index (χ1n) is 5.99. The minimum Gasteiger partial charge on any atom is -0.491 e. The summed E-state index contributed by atoms with van der Waals surface area (Å²) in [5, 5.41) is 2.69. The van der Waals surface area contributed by atoms with E-state index in [-0.39, 0.29) is 24.2 Å². The fraction of sp³-hybridized carbons (Fsp3) is 0.429. The molecule has 1 N–H and O–H groups in total. The Labute approximate surface area is 107 Å². The topological polar surface area (TPSA) is 55.4 Å². The zero-order valence-electron chi connectivity index (χ0n) is 11.0. The third kappa shape index (κ3) is 5.48. The molecule has 4 nitrogen and oxygen atoms in total. The van der Waals surface area contributed by atoms with Crippen LogP contribution < -0.4 is 10.1 Å². The first kappa shape index (κ1) is 14.2. The molecule has 0 saturated heterocycles. The van der Waals surface area contributed by atoms with Gasteiger partial charge in [0.2, 0.25) is 5.91 Å². The van der Waals surface area contributed by atoms with Crippen LogP contribution in [0.1, 0.15) is 32.8 Å². The molecule has 0 aliphatic carbocycles. The molecule has 0 unspecified atom stereocenters. The summed E-state index contributed by atoms with van der Waals surface area (Å²) in [5.41, 5.74) is 0.975. The van der Waals surface area contributed by atoms with Gasteiger partial charge in [0.05, 0.1) is 12.5 Å². The lowest BCUT2D eigenvalue weighted by atomic mass is 10.2. The molecule has 1 aromatic rings. The predicted octanol–water partition coefficient (Wildman–Crippen LogP) is 2.07. The van der Waals surface area contributed by atoms with E-state index in [1.54, 1.807) is 0 Å². The summed E-state index contributed by atoms with van der Waals surface area (Å²) in [6.45, 7) is 5.76. The molecular weight excluding hydrogens is 230 g/mol. The molecule has 98 valence electrons. The van der Waals surface area contributed by atoms with Crippen molar-refractivity contribution in [1.82, 2.24) is 5.32 Å². The van der Waals surface area contributed by atoms with Gasteiger partial charge >= 0.3 is 0 Å². The lowest BCUT2D eigenvalue weighted by Gasteiger charge is -2.10. The average Bonchev–Trinajstić information content (AvgIpc) is 2.26. The minimum absolute atomic E-state index is 0.0610. The van der Waals surface area contributed by atoms with Crippen LogP contribution in [-0.4, -0.2) is 17.8 Å². The lowest BCUT2D eigenvalue weighted by molar-refractivity contribution is -0.127. The summed E-state index contributed by atoms with van der Waals surface area (Å²) in [5.74, 6) is 0.432. The second kappa shape index (κ2) is 6.79. The highest BCUT2D eigenvalue weighted by Gasteiger charge is 2.04. The molecule has 0 bridgehead atoms. The maximum Gasteiger partial charge on any atom is 0.227 e. The van der Waals surface area contributed by atoms with Crippen LogP contribution >= 0.6 is 0 Å². The first-order valence-corrected chi connectivity index (χ1v) is 5.99. The van der Waals surface area contributed by atoms with Crippen molar-refractivity contribution < 1.29 is 14.3 Å². The number of ketones is 1. The second-order valence-electron chi connectivity index (χ2n) is 4.47. The highest BCUT2D eigenvalue weighted by molar-refractivity contribution is 5.96. The van der Waals surface area contributed by atoms with Crippen molar-refractivity contribution in [3.63, 3.8) is 0 Å². The number of nitrogens with one attached hydrogen (secondary N) is 1. The van der Waals surface area contributed by atoms with Crippen molar-refractivity contribution in [2.75, 3.05) is 0 Å². The van der Waals surface area contributed by atoms with Crippen LogP contribution in [0.15, 0.2) is 24.3 Å². The lowest BCUT2D eigenvalue weighted by Crippen LogP contribution is -2.24. The molecule has 1 aromatic carbocycles. The molecule has 0 aliphatic heterocycles. The van der Waals surface area contributed by atoms with E-state index in [2.05, 4.69) is 5.32 Å². The van der Waals surface area contributed by atoms with E-state index in [1.165, 1.54) is 6.92 Å². The molecule has 0 aromatic heterocycles. The van der Waals surface area contributed by atoms with Crippen molar-refractivity contribution in [2.24, 2.45) is 0 Å². The Kier molecular flexibility index (Phi) is 5.36. The van der Waals surface area contributed by atoms with Crippen molar-refractivity contribution in [3.8, 4) is 5.75 Å². The maximum atomic E-state index is 11.3. The van der Waals surface area contributed by atoms with Gasteiger partial charge in [-0.1, -0.05) is 12.1 Å². The molecule has 0 atom stereocenters. The van der Waals surface area contributed by atoms with Gasteiger partial charge in [0.25, 0.3) is 0 Å². The summed E-state index contributed by atoms with van der Waals surface area (Å²) in [6.07, 6.45) is 0.0836. The van der Waals surface area contributed by atoms with E-state index in [4.69, 9.17) is 4.74 Å². The Hall–Kier alpha value is -1.84. The zero-order valence-corrected chi connectivity index (χ0v) is 11.0. The van der Waals surface area contributed by atoms with Crippen LogP contribution in [0.2, 0.25) is 0 Å². The summed E-state index contributed by atoms with van der Waals surface area (Å²) in [7, 11) is 0. The van der Waals surface area contributed by atoms with Gasteiger partial charge in [-0.25, -0.2) is 0 Å². The van der Waals surface area contributed by atoms with Crippen molar-refractivity contribution >= 4 is 11.7 Å². The molecular formula is C14H19NO3. The number of hydrogen-bond donors (Lipinski definition) is 1. The van der Waals surface area contributed by atoms with E-state index in [9.17, 15) is 9.59 Å². The van der Waals surface area contributed by atoms with Gasteiger partial charge in [0, 0.05) is 6.54 Å². The standard InChI is InChI=1S/C14H19NO3/c1-10(2)18-13-6-4-12(5-7-13)9-15-14(17)8-11(3)16/h4-7,10H,8-9H2,1-3H3,(H,15,17). The molecule has 0 heterocycles. The first-order chi connectivity index (χ1) is 8.47. The molecule has 0 aliphatic rings. The highest BCUT2D eigenvalue weighted by Crippen LogP contribution is 2.13. The van der Waals surface area contributed by atoms with Gasteiger partial charge < -0.3 is 10.1 Å². The van der Waals surface area contributed by atoms with Crippen molar-refractivity contribution in [1.29, 1.82) is 0 Å². The largest absolute Gasteiger partial charge is 0.491 e. The number of carbonyl (C=O) groups is 2. The summed E-state index contributed by atoms with van der Waals surface area (Å²) in [4.78, 5) is 22.0. The third-order valence-corrected chi connectivity index (χ3v) is 2.19. The number of Topliss-reactive ketones (excluding diaryl/α,β-unsaturated/α-hetero) is 1. The van der Waals surface area contributed by atoms with Gasteiger partial charge in [-0.3, -0.25) is 9.59 Å². The van der Waals surface area contributed by atoms with Crippen LogP contribution in [0.3, 0.4) is 0 Å². The van der Waals surface area contributed by atoms with Gasteiger partial charge in [0.1, 0.15) is 11.5 Å². The van der Waals surface area contributed by atoms with Gasteiger partial charge in [-0.15, -0.1) is 0 Å². The Bertz CT molecular complexity index is 410. The van der Waals surface area contributed by atoms with E-state index in [1.807, 2.05) is 38.1 Å². The van der Waals surface area contributed by atoms with Crippen molar-refractivity contribution in [2.45, 2.75) is 39.8 Å². The van der Waals surface area contributed by atoms with Crippen LogP contribution in [0.4, 0.5) is 0 Å². The SMILES string of the molecule is CC(=O)CC(=O)NCc1ccc(OC(C)C)cc1. The van der Waals surface area contributed by atoms with Crippen LogP contribution in [0, 0.1) is 0 Å². The number of amides is 1. The van der Waals surface area contributed by atoms with E-state index in [0.717, 1.165) is 11.3 Å². The summed E-state index contributed by atoms with van der Waals surface area (Å²) in [6, 6.07) is 7.52. The summed E-state index contributed by atoms with van der Waals surface area (Å²) < 4.78 is 5.52. The van der Waals surface area contributed by atoms with Crippen LogP contribution in [0.5, 0.6) is 5.75 Å².